The summed E-state index contributed by atoms with van der Waals surface area (Å²) < 4.78 is 38.7. The number of anilines is 1. The molecule has 0 radical (unpaired) electrons. The predicted molar refractivity (Wildman–Crippen MR) is 73.5 cm³/mol. The monoisotopic (exact) mass is 332 g/mol. The van der Waals surface area contributed by atoms with Crippen LogP contribution in [0.2, 0.25) is 0 Å². The number of halogens is 2. The van der Waals surface area contributed by atoms with Gasteiger partial charge in [0.1, 0.15) is 11.8 Å². The van der Waals surface area contributed by atoms with Crippen LogP contribution in [-0.2, 0) is 14.2 Å². The summed E-state index contributed by atoms with van der Waals surface area (Å²) in [5.74, 6) is -0.675. The van der Waals surface area contributed by atoms with E-state index < -0.39 is 29.6 Å². The van der Waals surface area contributed by atoms with Crippen molar-refractivity contribution in [2.75, 3.05) is 25.6 Å². The number of nitrogens with one attached hydrogen (secondary N) is 1. The maximum Gasteiger partial charge on any atom is 0.345 e. The molecule has 0 aliphatic carbocycles. The van der Waals surface area contributed by atoms with Crippen LogP contribution in [0.5, 0.6) is 0 Å². The average molecular weight is 332 g/mol. The maximum atomic E-state index is 12.3. The molecule has 8 nitrogen and oxygen atoms in total. The molecule has 1 N–H and O–H groups in total. The highest BCUT2D eigenvalue weighted by Gasteiger charge is 2.33. The second-order valence-corrected chi connectivity index (χ2v) is 4.70. The van der Waals surface area contributed by atoms with Crippen LogP contribution in [0.3, 0.4) is 0 Å². The Hall–Kier alpha value is -2.33. The molecule has 0 spiro atoms. The minimum atomic E-state index is -2.98. The molecule has 126 valence electrons. The quantitative estimate of drug-likeness (QED) is 0.481. The Bertz CT molecular complexity index is 598. The van der Waals surface area contributed by atoms with Crippen LogP contribution in [0.25, 0.3) is 0 Å². The van der Waals surface area contributed by atoms with Crippen LogP contribution in [-0.4, -0.2) is 50.0 Å². The van der Waals surface area contributed by atoms with Gasteiger partial charge in [-0.25, -0.2) is 4.79 Å². The first-order valence-electron chi connectivity index (χ1n) is 6.57. The molecule has 1 saturated heterocycles. The van der Waals surface area contributed by atoms with Crippen molar-refractivity contribution in [3.63, 3.8) is 0 Å². The molecule has 1 fully saturated rings. The number of alkyl halides is 2. The molecule has 0 amide bonds. The highest BCUT2D eigenvalue weighted by molar-refractivity contribution is 5.91. The Morgan fingerprint density at radius 1 is 1.48 bits per heavy atom. The van der Waals surface area contributed by atoms with Crippen molar-refractivity contribution in [1.29, 1.82) is 0 Å². The van der Waals surface area contributed by atoms with E-state index in [9.17, 15) is 23.7 Å². The second kappa shape index (κ2) is 7.29. The molecular weight excluding hydrogens is 318 g/mol. The van der Waals surface area contributed by atoms with Crippen molar-refractivity contribution in [2.24, 2.45) is 0 Å². The van der Waals surface area contributed by atoms with E-state index in [1.54, 1.807) is 0 Å². The van der Waals surface area contributed by atoms with Gasteiger partial charge in [0.05, 0.1) is 36.9 Å². The molecule has 1 aliphatic rings. The van der Waals surface area contributed by atoms with E-state index in [2.05, 4.69) is 14.8 Å². The van der Waals surface area contributed by atoms with E-state index in [0.717, 1.165) is 6.07 Å². The molecule has 2 unspecified atom stereocenters. The Labute approximate surface area is 129 Å². The molecule has 1 heterocycles. The van der Waals surface area contributed by atoms with Gasteiger partial charge in [-0.15, -0.1) is 0 Å². The van der Waals surface area contributed by atoms with Gasteiger partial charge in [0, 0.05) is 6.07 Å². The summed E-state index contributed by atoms with van der Waals surface area (Å²) >= 11 is 0. The number of carbonyl (C=O) groups excluding carboxylic acids is 1. The number of rotatable bonds is 6. The lowest BCUT2D eigenvalue weighted by molar-refractivity contribution is -0.384. The zero-order chi connectivity index (χ0) is 17.0. The first-order chi connectivity index (χ1) is 10.9. The standard InChI is InChI=1S/C13H14F2N2O6/c1-21-12(18)7-2-3-10(17(19)20)8(4-7)16-9-5-22-6-11(9)23-13(14)15/h2-4,9,11,13,16H,5-6H2,1H3. The summed E-state index contributed by atoms with van der Waals surface area (Å²) in [5.41, 5.74) is -0.220. The third kappa shape index (κ3) is 4.11. The van der Waals surface area contributed by atoms with Gasteiger partial charge in [0.25, 0.3) is 5.69 Å². The highest BCUT2D eigenvalue weighted by atomic mass is 19.3. The van der Waals surface area contributed by atoms with Gasteiger partial charge in [0.2, 0.25) is 0 Å². The molecule has 1 aliphatic heterocycles. The van der Waals surface area contributed by atoms with E-state index >= 15 is 0 Å². The topological polar surface area (TPSA) is 99.9 Å². The number of esters is 1. The SMILES string of the molecule is COC(=O)c1ccc([N+](=O)[O-])c(NC2COCC2OC(F)F)c1. The first kappa shape index (κ1) is 17.0. The molecule has 1 aromatic rings. The number of nitro benzene ring substituents is 1. The summed E-state index contributed by atoms with van der Waals surface area (Å²) in [4.78, 5) is 21.9. The summed E-state index contributed by atoms with van der Waals surface area (Å²) in [6.07, 6.45) is -0.962. The average Bonchev–Trinajstić information content (AvgIpc) is 2.92. The van der Waals surface area contributed by atoms with Crippen molar-refractivity contribution in [3.05, 3.63) is 33.9 Å². The second-order valence-electron chi connectivity index (χ2n) is 4.70. The van der Waals surface area contributed by atoms with Gasteiger partial charge in [-0.2, -0.15) is 8.78 Å². The molecule has 1 aromatic carbocycles. The predicted octanol–water partition coefficient (Wildman–Crippen LogP) is 1.80. The van der Waals surface area contributed by atoms with Crippen LogP contribution in [0.15, 0.2) is 18.2 Å². The summed E-state index contributed by atoms with van der Waals surface area (Å²) in [6, 6.07) is 2.89. The number of ether oxygens (including phenoxy) is 3. The zero-order valence-electron chi connectivity index (χ0n) is 12.0. The molecule has 0 bridgehead atoms. The van der Waals surface area contributed by atoms with Crippen molar-refractivity contribution < 1.29 is 32.7 Å². The summed E-state index contributed by atoms with van der Waals surface area (Å²) in [5, 5.41) is 13.8. The van der Waals surface area contributed by atoms with Gasteiger partial charge in [-0.05, 0) is 12.1 Å². The Balaban J connectivity index is 2.25. The Morgan fingerprint density at radius 2 is 2.22 bits per heavy atom. The normalized spacial score (nSPS) is 20.5. The molecule has 23 heavy (non-hydrogen) atoms. The zero-order valence-corrected chi connectivity index (χ0v) is 12.0. The van der Waals surface area contributed by atoms with Gasteiger partial charge < -0.3 is 19.5 Å². The molecule has 10 heteroatoms. The lowest BCUT2D eigenvalue weighted by Gasteiger charge is -2.20. The lowest BCUT2D eigenvalue weighted by atomic mass is 10.1. The smallest absolute Gasteiger partial charge is 0.345 e. The fourth-order valence-electron chi connectivity index (χ4n) is 2.19. The molecular formula is C13H14F2N2O6. The Kier molecular flexibility index (Phi) is 5.40. The minimum absolute atomic E-state index is 0.00346. The minimum Gasteiger partial charge on any atom is -0.465 e. The molecule has 0 aromatic heterocycles. The van der Waals surface area contributed by atoms with Crippen molar-refractivity contribution in [2.45, 2.75) is 18.8 Å². The summed E-state index contributed by atoms with van der Waals surface area (Å²) in [7, 11) is 1.17. The van der Waals surface area contributed by atoms with Gasteiger partial charge >= 0.3 is 12.6 Å². The summed E-state index contributed by atoms with van der Waals surface area (Å²) in [6.45, 7) is -3.01. The number of methoxy groups -OCH3 is 1. The molecule has 2 rings (SSSR count). The van der Waals surface area contributed by atoms with Crippen LogP contribution >= 0.6 is 0 Å². The van der Waals surface area contributed by atoms with Crippen molar-refractivity contribution >= 4 is 17.3 Å². The number of nitro groups is 1. The highest BCUT2D eigenvalue weighted by Crippen LogP contribution is 2.28. The van der Waals surface area contributed by atoms with E-state index in [-0.39, 0.29) is 30.2 Å². The fourth-order valence-corrected chi connectivity index (χ4v) is 2.19. The van der Waals surface area contributed by atoms with E-state index in [0.29, 0.717) is 0 Å². The van der Waals surface area contributed by atoms with Gasteiger partial charge in [-0.1, -0.05) is 0 Å². The number of carbonyl (C=O) groups is 1. The maximum absolute atomic E-state index is 12.3. The fraction of sp³-hybridized carbons (Fsp3) is 0.462. The number of hydrogen-bond donors (Lipinski definition) is 1. The van der Waals surface area contributed by atoms with E-state index in [4.69, 9.17) is 4.74 Å². The van der Waals surface area contributed by atoms with Crippen LogP contribution in [0.4, 0.5) is 20.2 Å². The lowest BCUT2D eigenvalue weighted by Crippen LogP contribution is -2.35. The first-order valence-corrected chi connectivity index (χ1v) is 6.57. The van der Waals surface area contributed by atoms with Crippen LogP contribution < -0.4 is 5.32 Å². The molecule has 0 saturated carbocycles. The van der Waals surface area contributed by atoms with Gasteiger partial charge in [-0.3, -0.25) is 10.1 Å². The largest absolute Gasteiger partial charge is 0.465 e. The van der Waals surface area contributed by atoms with E-state index in [1.807, 2.05) is 0 Å². The molecule has 2 atom stereocenters. The number of hydrogen-bond acceptors (Lipinski definition) is 7. The number of benzene rings is 1. The Morgan fingerprint density at radius 3 is 2.83 bits per heavy atom. The van der Waals surface area contributed by atoms with Crippen LogP contribution in [0, 0.1) is 10.1 Å². The third-order valence-electron chi connectivity index (χ3n) is 3.26. The van der Waals surface area contributed by atoms with Gasteiger partial charge in [0.15, 0.2) is 0 Å². The van der Waals surface area contributed by atoms with Crippen molar-refractivity contribution in [3.8, 4) is 0 Å². The number of nitrogens with zero attached hydrogens (tertiary/aromatic N) is 1. The van der Waals surface area contributed by atoms with E-state index in [1.165, 1.54) is 19.2 Å². The third-order valence-corrected chi connectivity index (χ3v) is 3.26. The van der Waals surface area contributed by atoms with Crippen molar-refractivity contribution in [1.82, 2.24) is 0 Å². The van der Waals surface area contributed by atoms with Crippen LogP contribution in [0.1, 0.15) is 10.4 Å².